The van der Waals surface area contributed by atoms with E-state index in [1.165, 1.54) is 4.80 Å². The SMILES string of the molecule is CC(C)(c1ccc(O)cc1)c1cccc(-n2nc3ccccc3n2)c1O. The predicted molar refractivity (Wildman–Crippen MR) is 101 cm³/mol. The van der Waals surface area contributed by atoms with Crippen LogP contribution in [0.5, 0.6) is 11.5 Å². The van der Waals surface area contributed by atoms with E-state index in [-0.39, 0.29) is 11.5 Å². The van der Waals surface area contributed by atoms with Gasteiger partial charge in [-0.15, -0.1) is 15.0 Å². The van der Waals surface area contributed by atoms with Gasteiger partial charge in [0.05, 0.1) is 0 Å². The standard InChI is InChI=1S/C21H19N3O2/c1-21(2,14-10-12-15(25)13-11-14)16-6-5-9-19(20(16)26)24-22-17-7-3-4-8-18(17)23-24/h3-13,25-26H,1-2H3. The molecule has 0 aliphatic heterocycles. The Morgan fingerprint density at radius 1 is 0.769 bits per heavy atom. The van der Waals surface area contributed by atoms with Crippen molar-refractivity contribution in [2.75, 3.05) is 0 Å². The third kappa shape index (κ3) is 2.58. The van der Waals surface area contributed by atoms with Crippen molar-refractivity contribution in [3.63, 3.8) is 0 Å². The molecule has 130 valence electrons. The van der Waals surface area contributed by atoms with Crippen molar-refractivity contribution in [3.05, 3.63) is 77.9 Å². The molecule has 3 aromatic carbocycles. The van der Waals surface area contributed by atoms with Gasteiger partial charge in [0.25, 0.3) is 0 Å². The Bertz CT molecular complexity index is 1050. The maximum atomic E-state index is 11.0. The number of rotatable bonds is 3. The van der Waals surface area contributed by atoms with Gasteiger partial charge in [0.1, 0.15) is 28.2 Å². The van der Waals surface area contributed by atoms with E-state index in [0.29, 0.717) is 5.69 Å². The first kappa shape index (κ1) is 16.1. The van der Waals surface area contributed by atoms with Gasteiger partial charge in [-0.05, 0) is 35.9 Å². The van der Waals surface area contributed by atoms with Crippen molar-refractivity contribution >= 4 is 11.0 Å². The average molecular weight is 345 g/mol. The molecule has 0 bridgehead atoms. The number of hydrogen-bond donors (Lipinski definition) is 2. The fraction of sp³-hybridized carbons (Fsp3) is 0.143. The number of phenols is 2. The topological polar surface area (TPSA) is 71.2 Å². The highest BCUT2D eigenvalue weighted by molar-refractivity contribution is 5.73. The van der Waals surface area contributed by atoms with E-state index < -0.39 is 5.41 Å². The molecule has 0 spiro atoms. The summed E-state index contributed by atoms with van der Waals surface area (Å²) < 4.78 is 0. The molecular weight excluding hydrogens is 326 g/mol. The third-order valence-electron chi connectivity index (χ3n) is 4.78. The first-order chi connectivity index (χ1) is 12.5. The van der Waals surface area contributed by atoms with E-state index in [1.54, 1.807) is 18.2 Å². The molecule has 26 heavy (non-hydrogen) atoms. The Morgan fingerprint density at radius 2 is 1.38 bits per heavy atom. The van der Waals surface area contributed by atoms with E-state index in [9.17, 15) is 10.2 Å². The van der Waals surface area contributed by atoms with Gasteiger partial charge in [-0.1, -0.05) is 50.2 Å². The Morgan fingerprint density at radius 3 is 2.00 bits per heavy atom. The van der Waals surface area contributed by atoms with E-state index in [0.717, 1.165) is 22.2 Å². The summed E-state index contributed by atoms with van der Waals surface area (Å²) in [6.45, 7) is 4.07. The highest BCUT2D eigenvalue weighted by Crippen LogP contribution is 2.39. The molecule has 4 aromatic rings. The molecule has 0 saturated heterocycles. The number of benzene rings is 3. The summed E-state index contributed by atoms with van der Waals surface area (Å²) in [5.41, 5.74) is 3.37. The molecule has 2 N–H and O–H groups in total. The zero-order valence-electron chi connectivity index (χ0n) is 14.6. The normalized spacial score (nSPS) is 11.8. The molecule has 0 amide bonds. The monoisotopic (exact) mass is 345 g/mol. The Kier molecular flexibility index (Phi) is 3.65. The number of fused-ring (bicyclic) bond motifs is 1. The van der Waals surface area contributed by atoms with Crippen LogP contribution in [-0.4, -0.2) is 25.2 Å². The minimum Gasteiger partial charge on any atom is -0.508 e. The van der Waals surface area contributed by atoms with Crippen LogP contribution >= 0.6 is 0 Å². The number of para-hydroxylation sites is 1. The van der Waals surface area contributed by atoms with Crippen LogP contribution in [-0.2, 0) is 5.41 Å². The van der Waals surface area contributed by atoms with Crippen molar-refractivity contribution in [1.82, 2.24) is 15.0 Å². The second kappa shape index (κ2) is 5.88. The first-order valence-corrected chi connectivity index (χ1v) is 8.41. The maximum absolute atomic E-state index is 11.0. The minimum absolute atomic E-state index is 0.144. The quantitative estimate of drug-likeness (QED) is 0.585. The minimum atomic E-state index is -0.458. The molecule has 0 unspecified atom stereocenters. The second-order valence-electron chi connectivity index (χ2n) is 6.82. The Balaban J connectivity index is 1.84. The zero-order chi connectivity index (χ0) is 18.3. The molecule has 0 aliphatic rings. The smallest absolute Gasteiger partial charge is 0.147 e. The molecule has 1 heterocycles. The van der Waals surface area contributed by atoms with Crippen LogP contribution in [0.2, 0.25) is 0 Å². The van der Waals surface area contributed by atoms with Crippen LogP contribution in [0, 0.1) is 0 Å². The summed E-state index contributed by atoms with van der Waals surface area (Å²) >= 11 is 0. The highest BCUT2D eigenvalue weighted by Gasteiger charge is 2.28. The van der Waals surface area contributed by atoms with Gasteiger partial charge in [0.15, 0.2) is 0 Å². The van der Waals surface area contributed by atoms with Crippen LogP contribution in [0.15, 0.2) is 66.7 Å². The van der Waals surface area contributed by atoms with Crippen LogP contribution in [0.25, 0.3) is 16.7 Å². The molecule has 0 saturated carbocycles. The lowest BCUT2D eigenvalue weighted by atomic mass is 9.77. The number of aromatic hydroxyl groups is 2. The lowest BCUT2D eigenvalue weighted by molar-refractivity contribution is 0.446. The fourth-order valence-corrected chi connectivity index (χ4v) is 3.20. The second-order valence-corrected chi connectivity index (χ2v) is 6.82. The van der Waals surface area contributed by atoms with Gasteiger partial charge in [0.2, 0.25) is 0 Å². The van der Waals surface area contributed by atoms with Gasteiger partial charge in [0, 0.05) is 11.0 Å². The maximum Gasteiger partial charge on any atom is 0.147 e. The van der Waals surface area contributed by atoms with E-state index in [1.807, 2.05) is 62.4 Å². The zero-order valence-corrected chi connectivity index (χ0v) is 14.6. The summed E-state index contributed by atoms with van der Waals surface area (Å²) in [7, 11) is 0. The molecule has 0 fully saturated rings. The lowest BCUT2D eigenvalue weighted by Crippen LogP contribution is -2.19. The molecular formula is C21H19N3O2. The van der Waals surface area contributed by atoms with Gasteiger partial charge in [-0.3, -0.25) is 0 Å². The summed E-state index contributed by atoms with van der Waals surface area (Å²) in [6.07, 6.45) is 0. The largest absolute Gasteiger partial charge is 0.508 e. The van der Waals surface area contributed by atoms with Gasteiger partial charge < -0.3 is 10.2 Å². The van der Waals surface area contributed by atoms with E-state index in [4.69, 9.17) is 0 Å². The van der Waals surface area contributed by atoms with Crippen molar-refractivity contribution in [2.45, 2.75) is 19.3 Å². The Hall–Kier alpha value is -3.34. The van der Waals surface area contributed by atoms with Crippen molar-refractivity contribution in [2.24, 2.45) is 0 Å². The molecule has 0 radical (unpaired) electrons. The van der Waals surface area contributed by atoms with E-state index >= 15 is 0 Å². The van der Waals surface area contributed by atoms with Crippen molar-refractivity contribution in [1.29, 1.82) is 0 Å². The summed E-state index contributed by atoms with van der Waals surface area (Å²) in [5.74, 6) is 0.362. The average Bonchev–Trinajstić information content (AvgIpc) is 3.06. The molecule has 0 aliphatic carbocycles. The lowest BCUT2D eigenvalue weighted by Gasteiger charge is -2.27. The third-order valence-corrected chi connectivity index (χ3v) is 4.78. The van der Waals surface area contributed by atoms with Gasteiger partial charge in [-0.2, -0.15) is 0 Å². The van der Waals surface area contributed by atoms with Crippen LogP contribution in [0.4, 0.5) is 0 Å². The molecule has 5 heteroatoms. The van der Waals surface area contributed by atoms with Crippen LogP contribution in [0.3, 0.4) is 0 Å². The van der Waals surface area contributed by atoms with Gasteiger partial charge >= 0.3 is 0 Å². The molecule has 1 aromatic heterocycles. The highest BCUT2D eigenvalue weighted by atomic mass is 16.3. The van der Waals surface area contributed by atoms with Crippen LogP contribution < -0.4 is 0 Å². The van der Waals surface area contributed by atoms with Crippen LogP contribution in [0.1, 0.15) is 25.0 Å². The number of nitrogens with zero attached hydrogens (tertiary/aromatic N) is 3. The number of aromatic nitrogens is 3. The molecule has 5 nitrogen and oxygen atoms in total. The van der Waals surface area contributed by atoms with Crippen molar-refractivity contribution in [3.8, 4) is 17.2 Å². The summed E-state index contributed by atoms with van der Waals surface area (Å²) in [5, 5.41) is 29.4. The predicted octanol–water partition coefficient (Wildman–Crippen LogP) is 4.16. The number of hydrogen-bond acceptors (Lipinski definition) is 4. The van der Waals surface area contributed by atoms with E-state index in [2.05, 4.69) is 10.2 Å². The summed E-state index contributed by atoms with van der Waals surface area (Å²) in [6, 6.07) is 20.2. The number of phenolic OH excluding ortho intramolecular Hbond substituents is 2. The first-order valence-electron chi connectivity index (χ1n) is 8.41. The fourth-order valence-electron chi connectivity index (χ4n) is 3.20. The Labute approximate surface area is 151 Å². The molecule has 0 atom stereocenters. The van der Waals surface area contributed by atoms with Gasteiger partial charge in [-0.25, -0.2) is 0 Å². The molecule has 4 rings (SSSR count). The van der Waals surface area contributed by atoms with Crippen molar-refractivity contribution < 1.29 is 10.2 Å². The summed E-state index contributed by atoms with van der Waals surface area (Å²) in [4.78, 5) is 1.47.